The van der Waals surface area contributed by atoms with Crippen LogP contribution in [0.15, 0.2) is 18.2 Å². The van der Waals surface area contributed by atoms with Crippen molar-refractivity contribution in [2.45, 2.75) is 19.6 Å². The smallest absolute Gasteiger partial charge is 0.367 e. The number of alkyl halides is 3. The number of carbonyl (C=O) groups excluding carboxylic acids is 3. The summed E-state index contributed by atoms with van der Waals surface area (Å²) in [6.45, 7) is 4.50. The summed E-state index contributed by atoms with van der Waals surface area (Å²) >= 11 is 1.27. The molecule has 0 saturated carbocycles. The van der Waals surface area contributed by atoms with E-state index in [-0.39, 0.29) is 17.4 Å². The van der Waals surface area contributed by atoms with Crippen molar-refractivity contribution in [2.75, 3.05) is 57.0 Å². The topological polar surface area (TPSA) is 97.9 Å². The number of hydrogen-bond donors (Lipinski definition) is 2. The normalized spacial score (nSPS) is 14.5. The third-order valence-corrected chi connectivity index (χ3v) is 6.72. The molecule has 0 aromatic carbocycles. The third kappa shape index (κ3) is 6.28. The highest BCUT2D eigenvalue weighted by atomic mass is 32.1. The van der Waals surface area contributed by atoms with Crippen LogP contribution in [0.25, 0.3) is 0 Å². The lowest BCUT2D eigenvalue weighted by Gasteiger charge is -2.36. The Hall–Kier alpha value is -3.19. The van der Waals surface area contributed by atoms with Crippen molar-refractivity contribution in [3.05, 3.63) is 39.3 Å². The molecular weight excluding hydrogens is 485 g/mol. The number of urea groups is 1. The number of anilines is 2. The molecule has 9 nitrogen and oxygen atoms in total. The van der Waals surface area contributed by atoms with Gasteiger partial charge in [-0.05, 0) is 25.1 Å². The van der Waals surface area contributed by atoms with Crippen molar-refractivity contribution < 1.29 is 27.6 Å². The van der Waals surface area contributed by atoms with Crippen LogP contribution in [0.3, 0.4) is 0 Å². The van der Waals surface area contributed by atoms with Crippen LogP contribution in [0.2, 0.25) is 0 Å². The summed E-state index contributed by atoms with van der Waals surface area (Å²) in [5, 5.41) is 5.01. The van der Waals surface area contributed by atoms with E-state index in [4.69, 9.17) is 0 Å². The molecule has 1 aliphatic heterocycles. The summed E-state index contributed by atoms with van der Waals surface area (Å²) in [5.41, 5.74) is -0.993. The molecule has 2 N–H and O–H groups in total. The van der Waals surface area contributed by atoms with E-state index in [1.54, 1.807) is 18.0 Å². The number of carbonyl (C=O) groups is 3. The predicted molar refractivity (Wildman–Crippen MR) is 127 cm³/mol. The van der Waals surface area contributed by atoms with Crippen molar-refractivity contribution in [2.24, 2.45) is 0 Å². The highest BCUT2D eigenvalue weighted by Gasteiger charge is 2.38. The van der Waals surface area contributed by atoms with Crippen molar-refractivity contribution >= 4 is 40.9 Å². The van der Waals surface area contributed by atoms with E-state index in [0.29, 0.717) is 56.1 Å². The molecule has 190 valence electrons. The molecule has 2 aromatic heterocycles. The summed E-state index contributed by atoms with van der Waals surface area (Å²) in [5.74, 6) is -0.686. The first-order valence-electron chi connectivity index (χ1n) is 10.9. The minimum Gasteiger partial charge on any atom is -0.367 e. The zero-order valence-corrected chi connectivity index (χ0v) is 20.4. The number of rotatable bonds is 7. The Bertz CT molecular complexity index is 1080. The van der Waals surface area contributed by atoms with E-state index < -0.39 is 17.8 Å². The molecule has 2 aromatic rings. The molecule has 35 heavy (non-hydrogen) atoms. The fraction of sp³-hybridized carbons (Fsp3) is 0.455. The van der Waals surface area contributed by atoms with E-state index in [1.807, 2.05) is 6.92 Å². The van der Waals surface area contributed by atoms with Crippen LogP contribution in [0.5, 0.6) is 0 Å². The Labute approximate surface area is 204 Å². The highest BCUT2D eigenvalue weighted by Crippen LogP contribution is 2.36. The average molecular weight is 513 g/mol. The van der Waals surface area contributed by atoms with Gasteiger partial charge in [0.1, 0.15) is 5.69 Å². The second kappa shape index (κ2) is 11.0. The summed E-state index contributed by atoms with van der Waals surface area (Å²) in [4.78, 5) is 45.3. The van der Waals surface area contributed by atoms with Gasteiger partial charge in [0.2, 0.25) is 0 Å². The number of aldehydes is 1. The number of halogens is 3. The number of nitrogens with one attached hydrogen (secondary N) is 2. The number of piperazine rings is 1. The maximum Gasteiger partial charge on any atom is 0.435 e. The van der Waals surface area contributed by atoms with Crippen LogP contribution in [0.1, 0.15) is 37.7 Å². The first-order valence-corrected chi connectivity index (χ1v) is 11.8. The molecule has 0 atom stereocenters. The Morgan fingerprint density at radius 1 is 1.23 bits per heavy atom. The first-order chi connectivity index (χ1) is 16.6. The van der Waals surface area contributed by atoms with E-state index >= 15 is 0 Å². The first kappa shape index (κ1) is 26.4. The zero-order chi connectivity index (χ0) is 25.8. The van der Waals surface area contributed by atoms with Gasteiger partial charge < -0.3 is 20.4 Å². The van der Waals surface area contributed by atoms with Gasteiger partial charge in [0.15, 0.2) is 12.0 Å². The van der Waals surface area contributed by atoms with E-state index in [9.17, 15) is 27.6 Å². The number of pyridine rings is 1. The molecular formula is C22H27F3N6O3S. The molecule has 0 radical (unpaired) electrons. The summed E-state index contributed by atoms with van der Waals surface area (Å²) in [7, 11) is 2.98. The third-order valence-electron chi connectivity index (χ3n) is 5.68. The van der Waals surface area contributed by atoms with Crippen LogP contribution in [-0.4, -0.2) is 79.8 Å². The number of hydrogen-bond acceptors (Lipinski definition) is 7. The van der Waals surface area contributed by atoms with Crippen LogP contribution in [0, 0.1) is 0 Å². The van der Waals surface area contributed by atoms with Gasteiger partial charge in [-0.25, -0.2) is 9.78 Å². The minimum absolute atomic E-state index is 0.0609. The molecule has 3 heterocycles. The van der Waals surface area contributed by atoms with E-state index in [1.165, 1.54) is 35.4 Å². The van der Waals surface area contributed by atoms with Crippen LogP contribution < -0.4 is 15.5 Å². The van der Waals surface area contributed by atoms with Crippen LogP contribution in [0.4, 0.5) is 29.3 Å². The molecule has 3 amide bonds. The van der Waals surface area contributed by atoms with Gasteiger partial charge in [0.05, 0.1) is 16.3 Å². The molecule has 1 saturated heterocycles. The van der Waals surface area contributed by atoms with Gasteiger partial charge in [-0.15, -0.1) is 11.3 Å². The number of nitrogens with zero attached hydrogens (tertiary/aromatic N) is 4. The Balaban J connectivity index is 1.68. The van der Waals surface area contributed by atoms with E-state index in [0.717, 1.165) is 4.88 Å². The van der Waals surface area contributed by atoms with Gasteiger partial charge in [0, 0.05) is 58.2 Å². The van der Waals surface area contributed by atoms with Gasteiger partial charge in [0.25, 0.3) is 5.91 Å². The molecule has 0 spiro atoms. The standard InChI is InChI=1S/C22H27F3N6O3S/c1-4-29(3)21(34)28-16-11-14(35-18(16)13-32)12-30-7-9-31(10-8-30)17-6-5-15(20(33)26-2)27-19(17)22(23,24)25/h5-6,11,13H,4,7-10,12H2,1-3H3,(H,26,33)(H,28,34). The Morgan fingerprint density at radius 3 is 2.49 bits per heavy atom. The minimum atomic E-state index is -4.70. The molecule has 0 bridgehead atoms. The summed E-state index contributed by atoms with van der Waals surface area (Å²) in [6, 6.07) is 4.01. The zero-order valence-electron chi connectivity index (χ0n) is 19.6. The summed E-state index contributed by atoms with van der Waals surface area (Å²) in [6.07, 6.45) is -4.01. The van der Waals surface area contributed by atoms with Crippen molar-refractivity contribution in [3.8, 4) is 0 Å². The molecule has 0 aliphatic carbocycles. The average Bonchev–Trinajstić information content (AvgIpc) is 3.23. The van der Waals surface area contributed by atoms with Gasteiger partial charge in [-0.1, -0.05) is 0 Å². The SMILES string of the molecule is CCN(C)C(=O)Nc1cc(CN2CCN(c3ccc(C(=O)NC)nc3C(F)(F)F)CC2)sc1C=O. The van der Waals surface area contributed by atoms with Crippen molar-refractivity contribution in [1.82, 2.24) is 20.1 Å². The predicted octanol–water partition coefficient (Wildman–Crippen LogP) is 3.14. The van der Waals surface area contributed by atoms with Gasteiger partial charge in [-0.2, -0.15) is 13.2 Å². The number of amides is 3. The Morgan fingerprint density at radius 2 is 1.91 bits per heavy atom. The quantitative estimate of drug-likeness (QED) is 0.554. The molecule has 1 fully saturated rings. The van der Waals surface area contributed by atoms with Crippen LogP contribution >= 0.6 is 11.3 Å². The van der Waals surface area contributed by atoms with Crippen molar-refractivity contribution in [1.29, 1.82) is 0 Å². The maximum absolute atomic E-state index is 13.7. The summed E-state index contributed by atoms with van der Waals surface area (Å²) < 4.78 is 41.0. The second-order valence-electron chi connectivity index (χ2n) is 7.96. The maximum atomic E-state index is 13.7. The fourth-order valence-electron chi connectivity index (χ4n) is 3.61. The lowest BCUT2D eigenvalue weighted by Crippen LogP contribution is -2.46. The fourth-order valence-corrected chi connectivity index (χ4v) is 4.59. The molecule has 0 unspecified atom stereocenters. The molecule has 3 rings (SSSR count). The largest absolute Gasteiger partial charge is 0.435 e. The molecule has 13 heteroatoms. The van der Waals surface area contributed by atoms with Gasteiger partial charge in [-0.3, -0.25) is 14.5 Å². The highest BCUT2D eigenvalue weighted by molar-refractivity contribution is 7.14. The van der Waals surface area contributed by atoms with E-state index in [2.05, 4.69) is 20.5 Å². The molecule has 1 aliphatic rings. The lowest BCUT2D eigenvalue weighted by atomic mass is 10.2. The van der Waals surface area contributed by atoms with Gasteiger partial charge >= 0.3 is 12.2 Å². The number of thiophene rings is 1. The van der Waals surface area contributed by atoms with Crippen molar-refractivity contribution in [3.63, 3.8) is 0 Å². The number of aromatic nitrogens is 1. The lowest BCUT2D eigenvalue weighted by molar-refractivity contribution is -0.140. The van der Waals surface area contributed by atoms with Crippen LogP contribution in [-0.2, 0) is 12.7 Å². The second-order valence-corrected chi connectivity index (χ2v) is 9.13. The monoisotopic (exact) mass is 512 g/mol. The Kier molecular flexibility index (Phi) is 8.33.